The zero-order chi connectivity index (χ0) is 14.8. The van der Waals surface area contributed by atoms with Crippen LogP contribution < -0.4 is 10.1 Å². The van der Waals surface area contributed by atoms with E-state index in [2.05, 4.69) is 17.0 Å². The Kier molecular flexibility index (Phi) is 8.19. The number of hydrogen-bond donors (Lipinski definition) is 1. The molecule has 0 aliphatic rings. The van der Waals surface area contributed by atoms with Gasteiger partial charge in [0.05, 0.1) is 0 Å². The minimum atomic E-state index is -2.76. The second kappa shape index (κ2) is 9.70. The van der Waals surface area contributed by atoms with Gasteiger partial charge in [0.2, 0.25) is 0 Å². The summed E-state index contributed by atoms with van der Waals surface area (Å²) in [5, 5.41) is 3.28. The number of alkyl halides is 2. The molecule has 4 heteroatoms. The number of hydrogen-bond acceptors (Lipinski definition) is 2. The highest BCUT2D eigenvalue weighted by Gasteiger charge is 2.10. The molecule has 114 valence electrons. The zero-order valence-electron chi connectivity index (χ0n) is 12.4. The third-order valence-electron chi connectivity index (χ3n) is 3.45. The van der Waals surface area contributed by atoms with Gasteiger partial charge in [0.15, 0.2) is 0 Å². The van der Waals surface area contributed by atoms with Crippen molar-refractivity contribution in [2.45, 2.75) is 58.1 Å². The van der Waals surface area contributed by atoms with E-state index in [1.807, 2.05) is 19.2 Å². The molecule has 0 spiro atoms. The molecular formula is C16H25F2NO. The third-order valence-corrected chi connectivity index (χ3v) is 3.45. The van der Waals surface area contributed by atoms with E-state index in [1.54, 1.807) is 12.1 Å². The van der Waals surface area contributed by atoms with Gasteiger partial charge in [-0.1, -0.05) is 51.2 Å². The van der Waals surface area contributed by atoms with Gasteiger partial charge in [-0.2, -0.15) is 8.78 Å². The van der Waals surface area contributed by atoms with Crippen LogP contribution in [0.3, 0.4) is 0 Å². The van der Waals surface area contributed by atoms with E-state index in [0.717, 1.165) is 12.0 Å². The first-order valence-electron chi connectivity index (χ1n) is 7.39. The number of halogens is 2. The highest BCUT2D eigenvalue weighted by Crippen LogP contribution is 2.23. The second-order valence-electron chi connectivity index (χ2n) is 4.99. The van der Waals surface area contributed by atoms with Gasteiger partial charge in [-0.15, -0.1) is 0 Å². The molecule has 0 radical (unpaired) electrons. The van der Waals surface area contributed by atoms with E-state index >= 15 is 0 Å². The van der Waals surface area contributed by atoms with Crippen LogP contribution >= 0.6 is 0 Å². The molecule has 1 aromatic carbocycles. The summed E-state index contributed by atoms with van der Waals surface area (Å²) in [5.41, 5.74) is 1.12. The van der Waals surface area contributed by atoms with Gasteiger partial charge < -0.3 is 10.1 Å². The van der Waals surface area contributed by atoms with Crippen molar-refractivity contribution in [2.75, 3.05) is 7.05 Å². The lowest BCUT2D eigenvalue weighted by atomic mass is 10.00. The first kappa shape index (κ1) is 16.9. The van der Waals surface area contributed by atoms with Crippen LogP contribution in [0.1, 0.15) is 57.1 Å². The van der Waals surface area contributed by atoms with Crippen LogP contribution in [0.2, 0.25) is 0 Å². The Hall–Kier alpha value is -1.16. The van der Waals surface area contributed by atoms with Crippen molar-refractivity contribution >= 4 is 0 Å². The molecular weight excluding hydrogens is 260 g/mol. The Bertz CT molecular complexity index is 354. The third kappa shape index (κ3) is 6.33. The number of benzene rings is 1. The Morgan fingerprint density at radius 2 is 1.70 bits per heavy atom. The fraction of sp³-hybridized carbons (Fsp3) is 0.625. The van der Waals surface area contributed by atoms with Crippen molar-refractivity contribution in [3.05, 3.63) is 29.8 Å². The summed E-state index contributed by atoms with van der Waals surface area (Å²) >= 11 is 0. The van der Waals surface area contributed by atoms with Gasteiger partial charge in [-0.25, -0.2) is 0 Å². The predicted molar refractivity (Wildman–Crippen MR) is 78.3 cm³/mol. The molecule has 1 N–H and O–H groups in total. The lowest BCUT2D eigenvalue weighted by molar-refractivity contribution is -0.0498. The van der Waals surface area contributed by atoms with Crippen molar-refractivity contribution in [3.8, 4) is 5.75 Å². The normalized spacial score (nSPS) is 12.7. The Labute approximate surface area is 120 Å². The minimum Gasteiger partial charge on any atom is -0.435 e. The van der Waals surface area contributed by atoms with E-state index in [1.165, 1.54) is 32.1 Å². The van der Waals surface area contributed by atoms with Crippen LogP contribution in [0, 0.1) is 0 Å². The molecule has 0 bridgehead atoms. The number of rotatable bonds is 10. The maximum atomic E-state index is 12.1. The standard InChI is InChI=1S/C16H25F2NO/c1-3-4-5-6-7-8-15(19-2)13-9-11-14(12-10-13)20-16(17)18/h9-12,15-16,19H,3-8H2,1-2H3. The van der Waals surface area contributed by atoms with E-state index < -0.39 is 6.61 Å². The van der Waals surface area contributed by atoms with Crippen molar-refractivity contribution in [3.63, 3.8) is 0 Å². The average Bonchev–Trinajstić information content (AvgIpc) is 2.43. The van der Waals surface area contributed by atoms with Gasteiger partial charge in [-0.05, 0) is 31.2 Å². The topological polar surface area (TPSA) is 21.3 Å². The van der Waals surface area contributed by atoms with Crippen molar-refractivity contribution < 1.29 is 13.5 Å². The summed E-state index contributed by atoms with van der Waals surface area (Å²) in [6, 6.07) is 7.18. The summed E-state index contributed by atoms with van der Waals surface area (Å²) in [5.74, 6) is 0.210. The Morgan fingerprint density at radius 3 is 2.25 bits per heavy atom. The van der Waals surface area contributed by atoms with Gasteiger partial charge in [0, 0.05) is 6.04 Å². The summed E-state index contributed by atoms with van der Waals surface area (Å²) in [6.07, 6.45) is 7.33. The summed E-state index contributed by atoms with van der Waals surface area (Å²) in [4.78, 5) is 0. The van der Waals surface area contributed by atoms with E-state index in [4.69, 9.17) is 0 Å². The van der Waals surface area contributed by atoms with Crippen molar-refractivity contribution in [1.82, 2.24) is 5.32 Å². The Morgan fingerprint density at radius 1 is 1.05 bits per heavy atom. The molecule has 1 rings (SSSR count). The van der Waals surface area contributed by atoms with E-state index in [-0.39, 0.29) is 11.8 Å². The molecule has 0 saturated heterocycles. The molecule has 20 heavy (non-hydrogen) atoms. The van der Waals surface area contributed by atoms with E-state index in [0.29, 0.717) is 0 Å². The lowest BCUT2D eigenvalue weighted by Crippen LogP contribution is -2.16. The Balaban J connectivity index is 2.44. The summed E-state index contributed by atoms with van der Waals surface area (Å²) < 4.78 is 28.5. The fourth-order valence-electron chi connectivity index (χ4n) is 2.31. The highest BCUT2D eigenvalue weighted by molar-refractivity contribution is 5.29. The molecule has 0 aliphatic carbocycles. The molecule has 0 aliphatic heterocycles. The first-order chi connectivity index (χ1) is 9.67. The van der Waals surface area contributed by atoms with Crippen LogP contribution in [-0.4, -0.2) is 13.7 Å². The van der Waals surface area contributed by atoms with Crippen LogP contribution in [0.15, 0.2) is 24.3 Å². The van der Waals surface area contributed by atoms with Gasteiger partial charge in [0.1, 0.15) is 5.75 Å². The molecule has 2 nitrogen and oxygen atoms in total. The van der Waals surface area contributed by atoms with Gasteiger partial charge >= 0.3 is 6.61 Å². The summed E-state index contributed by atoms with van der Waals surface area (Å²) in [6.45, 7) is -0.557. The summed E-state index contributed by atoms with van der Waals surface area (Å²) in [7, 11) is 1.93. The lowest BCUT2D eigenvalue weighted by Gasteiger charge is -2.17. The molecule has 1 aromatic rings. The highest BCUT2D eigenvalue weighted by atomic mass is 19.3. The van der Waals surface area contributed by atoms with Crippen molar-refractivity contribution in [2.24, 2.45) is 0 Å². The smallest absolute Gasteiger partial charge is 0.387 e. The zero-order valence-corrected chi connectivity index (χ0v) is 12.4. The van der Waals surface area contributed by atoms with Gasteiger partial charge in [0.25, 0.3) is 0 Å². The second-order valence-corrected chi connectivity index (χ2v) is 4.99. The molecule has 0 fully saturated rings. The molecule has 0 heterocycles. The maximum absolute atomic E-state index is 12.1. The molecule has 1 atom stereocenters. The monoisotopic (exact) mass is 285 g/mol. The molecule has 1 unspecified atom stereocenters. The number of ether oxygens (including phenoxy) is 1. The van der Waals surface area contributed by atoms with Gasteiger partial charge in [-0.3, -0.25) is 0 Å². The number of unbranched alkanes of at least 4 members (excludes halogenated alkanes) is 4. The maximum Gasteiger partial charge on any atom is 0.387 e. The largest absolute Gasteiger partial charge is 0.435 e. The average molecular weight is 285 g/mol. The van der Waals surface area contributed by atoms with Crippen LogP contribution in [0.4, 0.5) is 8.78 Å². The van der Waals surface area contributed by atoms with Crippen LogP contribution in [0.5, 0.6) is 5.75 Å². The van der Waals surface area contributed by atoms with Crippen molar-refractivity contribution in [1.29, 1.82) is 0 Å². The number of nitrogens with one attached hydrogen (secondary N) is 1. The first-order valence-corrected chi connectivity index (χ1v) is 7.39. The quantitative estimate of drug-likeness (QED) is 0.617. The predicted octanol–water partition coefficient (Wildman–Crippen LogP) is 4.91. The van der Waals surface area contributed by atoms with Crippen LogP contribution in [-0.2, 0) is 0 Å². The minimum absolute atomic E-state index is 0.210. The molecule has 0 saturated carbocycles. The SMILES string of the molecule is CCCCCCCC(NC)c1ccc(OC(F)F)cc1. The fourth-order valence-corrected chi connectivity index (χ4v) is 2.31. The van der Waals surface area contributed by atoms with Crippen LogP contribution in [0.25, 0.3) is 0 Å². The van der Waals surface area contributed by atoms with E-state index in [9.17, 15) is 8.78 Å². The molecule has 0 amide bonds. The molecule has 0 aromatic heterocycles.